The van der Waals surface area contributed by atoms with Crippen molar-refractivity contribution in [3.63, 3.8) is 0 Å². The van der Waals surface area contributed by atoms with E-state index in [0.717, 1.165) is 10.2 Å². The van der Waals surface area contributed by atoms with Crippen molar-refractivity contribution in [3.8, 4) is 0 Å². The lowest BCUT2D eigenvalue weighted by atomic mass is 10.3. The lowest BCUT2D eigenvalue weighted by Crippen LogP contribution is -2.03. The van der Waals surface area contributed by atoms with Gasteiger partial charge in [-0.05, 0) is 34.5 Å². The lowest BCUT2D eigenvalue weighted by Gasteiger charge is -2.14. The van der Waals surface area contributed by atoms with E-state index in [4.69, 9.17) is 11.6 Å². The summed E-state index contributed by atoms with van der Waals surface area (Å²) in [4.78, 5) is 1.22. The van der Waals surface area contributed by atoms with E-state index >= 15 is 0 Å². The number of alkyl halides is 2. The topological polar surface area (TPSA) is 0 Å². The second-order valence-electron chi connectivity index (χ2n) is 2.16. The van der Waals surface area contributed by atoms with Crippen LogP contribution in [0.4, 0.5) is 0 Å². The Bertz CT molecular complexity index is 246. The molecule has 1 aromatic rings. The molecule has 0 aliphatic heterocycles. The van der Waals surface area contributed by atoms with Crippen molar-refractivity contribution in [2.75, 3.05) is 0 Å². The Morgan fingerprint density at radius 2 is 2.36 bits per heavy atom. The van der Waals surface area contributed by atoms with E-state index < -0.39 is 0 Å². The van der Waals surface area contributed by atoms with Gasteiger partial charge in [-0.2, -0.15) is 0 Å². The van der Waals surface area contributed by atoms with Crippen molar-refractivity contribution < 1.29 is 0 Å². The zero-order chi connectivity index (χ0) is 8.48. The Balaban J connectivity index is 2.92. The third-order valence-electron chi connectivity index (χ3n) is 1.38. The van der Waals surface area contributed by atoms with Gasteiger partial charge in [0.1, 0.15) is 2.88 Å². The Morgan fingerprint density at radius 1 is 1.73 bits per heavy atom. The number of hydrogen-bond acceptors (Lipinski definition) is 1. The fraction of sp³-hybridized carbons (Fsp3) is 0.429. The van der Waals surface area contributed by atoms with Gasteiger partial charge in [-0.25, -0.2) is 0 Å². The molecule has 0 aliphatic rings. The molecule has 0 saturated heterocycles. The van der Waals surface area contributed by atoms with Crippen molar-refractivity contribution in [2.24, 2.45) is 0 Å². The Hall–Kier alpha value is 1.20. The molecule has 1 rings (SSSR count). The monoisotopic (exact) mass is 364 g/mol. The highest BCUT2D eigenvalue weighted by atomic mass is 127. The van der Waals surface area contributed by atoms with E-state index in [1.807, 2.05) is 6.07 Å². The summed E-state index contributed by atoms with van der Waals surface area (Å²) in [5, 5.41) is 0. The van der Waals surface area contributed by atoms with E-state index in [1.54, 1.807) is 11.3 Å². The first-order chi connectivity index (χ1) is 5.06. The maximum atomic E-state index is 6.24. The molecule has 0 bridgehead atoms. The van der Waals surface area contributed by atoms with E-state index in [1.165, 1.54) is 4.88 Å². The first-order valence-electron chi connectivity index (χ1n) is 3.20. The molecule has 0 nitrogen and oxygen atoms in total. The predicted molar refractivity (Wildman–Crippen MR) is 63.9 cm³/mol. The summed E-state index contributed by atoms with van der Waals surface area (Å²) >= 11 is 13.6. The molecule has 62 valence electrons. The molecule has 1 aromatic heterocycles. The van der Waals surface area contributed by atoms with E-state index in [9.17, 15) is 0 Å². The van der Waals surface area contributed by atoms with Gasteiger partial charge in [0, 0.05) is 4.88 Å². The highest BCUT2D eigenvalue weighted by Gasteiger charge is 2.24. The molecule has 1 heterocycles. The highest BCUT2D eigenvalue weighted by molar-refractivity contribution is 14.1. The van der Waals surface area contributed by atoms with Gasteiger partial charge in [0.15, 0.2) is 0 Å². The molecule has 0 aromatic carbocycles. The molecule has 1 unspecified atom stereocenters. The van der Waals surface area contributed by atoms with Gasteiger partial charge < -0.3 is 0 Å². The number of rotatable bonds is 2. The summed E-state index contributed by atoms with van der Waals surface area (Å²) in [5.41, 5.74) is 0. The minimum atomic E-state index is -0.214. The van der Waals surface area contributed by atoms with Crippen molar-refractivity contribution in [1.82, 2.24) is 0 Å². The summed E-state index contributed by atoms with van der Waals surface area (Å²) in [6.07, 6.45) is 0.946. The van der Waals surface area contributed by atoms with Crippen LogP contribution in [0, 0.1) is 0 Å². The zero-order valence-electron chi connectivity index (χ0n) is 5.90. The van der Waals surface area contributed by atoms with Crippen LogP contribution in [-0.4, -0.2) is 0 Å². The van der Waals surface area contributed by atoms with Crippen LogP contribution in [0.2, 0.25) is 0 Å². The van der Waals surface area contributed by atoms with E-state index in [-0.39, 0.29) is 2.88 Å². The van der Waals surface area contributed by atoms with Crippen molar-refractivity contribution in [1.29, 1.82) is 0 Å². The van der Waals surface area contributed by atoms with Crippen molar-refractivity contribution in [3.05, 3.63) is 20.8 Å². The fourth-order valence-corrected chi connectivity index (χ4v) is 2.81. The molecule has 0 aliphatic carbocycles. The van der Waals surface area contributed by atoms with Gasteiger partial charge in [0.2, 0.25) is 0 Å². The van der Waals surface area contributed by atoms with Crippen LogP contribution in [0.5, 0.6) is 0 Å². The Morgan fingerprint density at radius 3 is 2.73 bits per heavy atom. The Kier molecular flexibility index (Phi) is 3.68. The normalized spacial score (nSPS) is 16.4. The maximum absolute atomic E-state index is 6.24. The quantitative estimate of drug-likeness (QED) is 0.524. The molecule has 0 saturated carbocycles. The van der Waals surface area contributed by atoms with Crippen LogP contribution in [0.15, 0.2) is 15.9 Å². The maximum Gasteiger partial charge on any atom is 0.129 e. The second-order valence-corrected chi connectivity index (χ2v) is 7.75. The van der Waals surface area contributed by atoms with Crippen molar-refractivity contribution >= 4 is 61.5 Å². The second kappa shape index (κ2) is 3.94. The van der Waals surface area contributed by atoms with Crippen molar-refractivity contribution in [2.45, 2.75) is 16.2 Å². The predicted octanol–water partition coefficient (Wildman–Crippen LogP) is 4.75. The van der Waals surface area contributed by atoms with E-state index in [2.05, 4.69) is 51.5 Å². The average Bonchev–Trinajstić information content (AvgIpc) is 2.36. The fourth-order valence-electron chi connectivity index (χ4n) is 0.685. The summed E-state index contributed by atoms with van der Waals surface area (Å²) in [6.45, 7) is 2.09. The molecule has 0 radical (unpaired) electrons. The summed E-state index contributed by atoms with van der Waals surface area (Å²) in [5.74, 6) is 0. The van der Waals surface area contributed by atoms with Gasteiger partial charge in [-0.3, -0.25) is 0 Å². The molecule has 0 N–H and O–H groups in total. The first kappa shape index (κ1) is 10.3. The van der Waals surface area contributed by atoms with Crippen LogP contribution >= 0.6 is 61.5 Å². The van der Waals surface area contributed by atoms with E-state index in [0.29, 0.717) is 0 Å². The molecule has 1 atom stereocenters. The SMILES string of the molecule is CCC(Cl)(I)c1ccc(Br)s1. The zero-order valence-corrected chi connectivity index (χ0v) is 11.2. The molecule has 0 amide bonds. The number of halogens is 3. The number of hydrogen-bond donors (Lipinski definition) is 0. The Labute approximate surface area is 97.6 Å². The van der Waals surface area contributed by atoms with Gasteiger partial charge in [-0.1, -0.05) is 29.5 Å². The number of thiophene rings is 1. The molecule has 4 heteroatoms. The third kappa shape index (κ3) is 2.57. The molecular formula is C7H7BrClIS. The average molecular weight is 365 g/mol. The third-order valence-corrected chi connectivity index (χ3v) is 5.46. The van der Waals surface area contributed by atoms with Gasteiger partial charge >= 0.3 is 0 Å². The minimum absolute atomic E-state index is 0.214. The van der Waals surface area contributed by atoms with Crippen LogP contribution in [0.3, 0.4) is 0 Å². The van der Waals surface area contributed by atoms with Crippen LogP contribution in [0.1, 0.15) is 18.2 Å². The first-order valence-corrected chi connectivity index (χ1v) is 6.26. The molecular weight excluding hydrogens is 358 g/mol. The van der Waals surface area contributed by atoms with Crippen LogP contribution in [-0.2, 0) is 2.88 Å². The lowest BCUT2D eigenvalue weighted by molar-refractivity contribution is 0.871. The summed E-state index contributed by atoms with van der Waals surface area (Å²) < 4.78 is 0.927. The van der Waals surface area contributed by atoms with Gasteiger partial charge in [-0.15, -0.1) is 22.9 Å². The smallest absolute Gasteiger partial charge is 0.129 e. The van der Waals surface area contributed by atoms with Gasteiger partial charge in [0.25, 0.3) is 0 Å². The summed E-state index contributed by atoms with van der Waals surface area (Å²) in [7, 11) is 0. The molecule has 11 heavy (non-hydrogen) atoms. The molecule has 0 spiro atoms. The molecule has 0 fully saturated rings. The minimum Gasteiger partial charge on any atom is -0.131 e. The van der Waals surface area contributed by atoms with Crippen LogP contribution < -0.4 is 0 Å². The summed E-state index contributed by atoms with van der Waals surface area (Å²) in [6, 6.07) is 4.10. The van der Waals surface area contributed by atoms with Crippen LogP contribution in [0.25, 0.3) is 0 Å². The van der Waals surface area contributed by atoms with Gasteiger partial charge in [0.05, 0.1) is 3.79 Å². The highest BCUT2D eigenvalue weighted by Crippen LogP contribution is 2.43. The largest absolute Gasteiger partial charge is 0.131 e. The standard InChI is InChI=1S/C7H7BrClIS/c1-2-7(9,10)5-3-4-6(8)11-5/h3-4H,2H2,1H3.